The zero-order chi connectivity index (χ0) is 21.6. The Bertz CT molecular complexity index is 798. The van der Waals surface area contributed by atoms with Gasteiger partial charge in [0.2, 0.25) is 11.8 Å². The van der Waals surface area contributed by atoms with E-state index in [0.29, 0.717) is 23.7 Å². The summed E-state index contributed by atoms with van der Waals surface area (Å²) >= 11 is 0. The molecule has 0 fully saturated rings. The first-order chi connectivity index (χ1) is 13.7. The van der Waals surface area contributed by atoms with Gasteiger partial charge in [-0.25, -0.2) is 4.79 Å². The summed E-state index contributed by atoms with van der Waals surface area (Å²) in [6, 6.07) is 7.80. The van der Waals surface area contributed by atoms with E-state index >= 15 is 0 Å². The van der Waals surface area contributed by atoms with Gasteiger partial charge in [0.1, 0.15) is 6.54 Å². The monoisotopic (exact) mass is 400 g/mol. The number of benzene rings is 1. The molecular formula is C23H32N2O4. The Hall–Kier alpha value is -2.63. The smallest absolute Gasteiger partial charge is 0.336 e. The van der Waals surface area contributed by atoms with Gasteiger partial charge < -0.3 is 15.0 Å². The Kier molecular flexibility index (Phi) is 8.00. The van der Waals surface area contributed by atoms with Crippen molar-refractivity contribution in [3.8, 4) is 0 Å². The number of esters is 1. The van der Waals surface area contributed by atoms with E-state index in [1.54, 1.807) is 13.8 Å². The van der Waals surface area contributed by atoms with E-state index in [1.807, 2.05) is 31.2 Å². The number of aryl methyl sites for hydroxylation is 1. The van der Waals surface area contributed by atoms with Crippen molar-refractivity contribution in [2.75, 3.05) is 19.7 Å². The molecule has 0 unspecified atom stereocenters. The zero-order valence-corrected chi connectivity index (χ0v) is 18.1. The molecule has 0 radical (unpaired) electrons. The lowest BCUT2D eigenvalue weighted by molar-refractivity contribution is -0.141. The lowest BCUT2D eigenvalue weighted by atomic mass is 9.83. The van der Waals surface area contributed by atoms with Crippen molar-refractivity contribution in [1.82, 2.24) is 10.2 Å². The van der Waals surface area contributed by atoms with E-state index in [1.165, 1.54) is 4.90 Å². The van der Waals surface area contributed by atoms with Crippen LogP contribution in [-0.2, 0) is 19.1 Å². The highest BCUT2D eigenvalue weighted by atomic mass is 16.5. The molecule has 6 heteroatoms. The van der Waals surface area contributed by atoms with E-state index in [2.05, 4.69) is 19.2 Å². The van der Waals surface area contributed by atoms with Crippen molar-refractivity contribution in [3.05, 3.63) is 46.7 Å². The van der Waals surface area contributed by atoms with Crippen molar-refractivity contribution in [1.29, 1.82) is 0 Å². The number of nitrogens with zero attached hydrogens (tertiary/aromatic N) is 1. The average Bonchev–Trinajstić information content (AvgIpc) is 2.64. The van der Waals surface area contributed by atoms with E-state index in [9.17, 15) is 14.4 Å². The van der Waals surface area contributed by atoms with Crippen LogP contribution in [0.15, 0.2) is 35.5 Å². The highest BCUT2D eigenvalue weighted by Crippen LogP contribution is 2.37. The third kappa shape index (κ3) is 5.92. The predicted octanol–water partition coefficient (Wildman–Crippen LogP) is 3.31. The first-order valence-corrected chi connectivity index (χ1v) is 10.3. The molecule has 0 aliphatic carbocycles. The molecule has 158 valence electrons. The third-order valence-corrected chi connectivity index (χ3v) is 5.11. The summed E-state index contributed by atoms with van der Waals surface area (Å²) in [6.45, 7) is 10.3. The molecule has 2 amide bonds. The summed E-state index contributed by atoms with van der Waals surface area (Å²) in [4.78, 5) is 39.4. The standard InChI is InChI=1S/C23H32N2O4/c1-6-29-23(28)22-17(5)25(14-20(26)24-11-10-15(2)3)21(27)13-19(22)18-9-7-8-16(4)12-18/h7-9,12,15,19H,6,10-11,13-14H2,1-5H3,(H,24,26)/t19-/m0/s1. The zero-order valence-electron chi connectivity index (χ0n) is 18.1. The second-order valence-corrected chi connectivity index (χ2v) is 7.90. The van der Waals surface area contributed by atoms with Crippen molar-refractivity contribution in [2.45, 2.75) is 53.4 Å². The van der Waals surface area contributed by atoms with Crippen LogP contribution in [0.3, 0.4) is 0 Å². The first-order valence-electron chi connectivity index (χ1n) is 10.3. The van der Waals surface area contributed by atoms with E-state index in [0.717, 1.165) is 17.5 Å². The van der Waals surface area contributed by atoms with E-state index < -0.39 is 5.97 Å². The minimum atomic E-state index is -0.436. The lowest BCUT2D eigenvalue weighted by Crippen LogP contribution is -2.44. The molecule has 1 atom stereocenters. The quantitative estimate of drug-likeness (QED) is 0.679. The van der Waals surface area contributed by atoms with Crippen LogP contribution in [0.4, 0.5) is 0 Å². The van der Waals surface area contributed by atoms with Gasteiger partial charge in [0, 0.05) is 24.6 Å². The summed E-state index contributed by atoms with van der Waals surface area (Å²) in [5.41, 5.74) is 2.90. The molecule has 1 aromatic rings. The van der Waals surface area contributed by atoms with Gasteiger partial charge in [-0.15, -0.1) is 0 Å². The van der Waals surface area contributed by atoms with E-state index in [-0.39, 0.29) is 37.3 Å². The molecule has 0 spiro atoms. The maximum absolute atomic E-state index is 12.9. The van der Waals surface area contributed by atoms with Crippen LogP contribution in [0.2, 0.25) is 0 Å². The number of allylic oxidation sites excluding steroid dienone is 1. The number of carbonyl (C=O) groups is 3. The van der Waals surface area contributed by atoms with Gasteiger partial charge in [-0.1, -0.05) is 43.7 Å². The number of hydrogen-bond donors (Lipinski definition) is 1. The van der Waals surface area contributed by atoms with Crippen molar-refractivity contribution in [2.24, 2.45) is 5.92 Å². The molecule has 2 rings (SSSR count). The Balaban J connectivity index is 2.31. The normalized spacial score (nSPS) is 17.0. The number of rotatable bonds is 8. The van der Waals surface area contributed by atoms with Gasteiger partial charge in [0.15, 0.2) is 0 Å². The van der Waals surface area contributed by atoms with Gasteiger partial charge in [-0.05, 0) is 38.7 Å². The molecule has 1 aliphatic rings. The Morgan fingerprint density at radius 3 is 2.62 bits per heavy atom. The number of carbonyl (C=O) groups excluding carboxylic acids is 3. The maximum Gasteiger partial charge on any atom is 0.336 e. The van der Waals surface area contributed by atoms with Crippen LogP contribution >= 0.6 is 0 Å². The topological polar surface area (TPSA) is 75.7 Å². The minimum Gasteiger partial charge on any atom is -0.463 e. The molecule has 0 bridgehead atoms. The summed E-state index contributed by atoms with van der Waals surface area (Å²) in [5.74, 6) is -0.716. The van der Waals surface area contributed by atoms with Crippen LogP contribution in [0.5, 0.6) is 0 Å². The fraction of sp³-hybridized carbons (Fsp3) is 0.522. The molecule has 0 saturated carbocycles. The van der Waals surface area contributed by atoms with Crippen LogP contribution in [0.1, 0.15) is 57.6 Å². The van der Waals surface area contributed by atoms with Crippen LogP contribution < -0.4 is 5.32 Å². The molecule has 6 nitrogen and oxygen atoms in total. The molecule has 0 aromatic heterocycles. The number of ether oxygens (including phenoxy) is 1. The molecule has 1 aliphatic heterocycles. The van der Waals surface area contributed by atoms with Crippen LogP contribution in [0.25, 0.3) is 0 Å². The highest BCUT2D eigenvalue weighted by Gasteiger charge is 2.37. The van der Waals surface area contributed by atoms with Gasteiger partial charge in [-0.2, -0.15) is 0 Å². The van der Waals surface area contributed by atoms with E-state index in [4.69, 9.17) is 4.74 Å². The Labute approximate surface area is 173 Å². The highest BCUT2D eigenvalue weighted by molar-refractivity contribution is 5.97. The maximum atomic E-state index is 12.9. The molecule has 1 aromatic carbocycles. The number of nitrogens with one attached hydrogen (secondary N) is 1. The van der Waals surface area contributed by atoms with Gasteiger partial charge in [0.05, 0.1) is 12.2 Å². The molecular weight excluding hydrogens is 368 g/mol. The fourth-order valence-electron chi connectivity index (χ4n) is 3.55. The third-order valence-electron chi connectivity index (χ3n) is 5.11. The first kappa shape index (κ1) is 22.7. The SMILES string of the molecule is CCOC(=O)C1=C(C)N(CC(=O)NCCC(C)C)C(=O)C[C@H]1c1cccc(C)c1. The Morgan fingerprint density at radius 1 is 1.28 bits per heavy atom. The lowest BCUT2D eigenvalue weighted by Gasteiger charge is -2.34. The number of hydrogen-bond acceptors (Lipinski definition) is 4. The molecule has 1 heterocycles. The predicted molar refractivity (Wildman–Crippen MR) is 112 cm³/mol. The summed E-state index contributed by atoms with van der Waals surface area (Å²) < 4.78 is 5.28. The number of amides is 2. The Morgan fingerprint density at radius 2 is 2.00 bits per heavy atom. The van der Waals surface area contributed by atoms with Crippen LogP contribution in [-0.4, -0.2) is 42.4 Å². The van der Waals surface area contributed by atoms with Crippen LogP contribution in [0, 0.1) is 12.8 Å². The van der Waals surface area contributed by atoms with Gasteiger partial charge in [0.25, 0.3) is 0 Å². The summed E-state index contributed by atoms with van der Waals surface area (Å²) in [6.07, 6.45) is 1.01. The minimum absolute atomic E-state index is 0.0911. The van der Waals surface area contributed by atoms with Gasteiger partial charge >= 0.3 is 5.97 Å². The fourth-order valence-corrected chi connectivity index (χ4v) is 3.55. The molecule has 1 N–H and O–H groups in total. The second kappa shape index (κ2) is 10.2. The molecule has 29 heavy (non-hydrogen) atoms. The largest absolute Gasteiger partial charge is 0.463 e. The van der Waals surface area contributed by atoms with Gasteiger partial charge in [-0.3, -0.25) is 9.59 Å². The average molecular weight is 401 g/mol. The summed E-state index contributed by atoms with van der Waals surface area (Å²) in [5, 5.41) is 2.85. The van der Waals surface area contributed by atoms with Crippen molar-refractivity contribution in [3.63, 3.8) is 0 Å². The second-order valence-electron chi connectivity index (χ2n) is 7.90. The van der Waals surface area contributed by atoms with Crippen molar-refractivity contribution >= 4 is 17.8 Å². The molecule has 0 saturated heterocycles. The van der Waals surface area contributed by atoms with Crippen molar-refractivity contribution < 1.29 is 19.1 Å². The summed E-state index contributed by atoms with van der Waals surface area (Å²) in [7, 11) is 0.